The molecule has 3 heterocycles. The number of fused-ring (bicyclic) bond motifs is 2. The van der Waals surface area contributed by atoms with Gasteiger partial charge in [0.1, 0.15) is 17.3 Å². The van der Waals surface area contributed by atoms with Crippen molar-refractivity contribution in [3.63, 3.8) is 0 Å². The summed E-state index contributed by atoms with van der Waals surface area (Å²) in [5.41, 5.74) is 2.84. The Hall–Kier alpha value is -2.05. The molecule has 6 heteroatoms. The minimum Gasteiger partial charge on any atom is -0.496 e. The van der Waals surface area contributed by atoms with E-state index in [9.17, 15) is 0 Å². The summed E-state index contributed by atoms with van der Waals surface area (Å²) in [6, 6.07) is 5.31. The molecule has 0 radical (unpaired) electrons. The molecule has 6 nitrogen and oxygen atoms in total. The summed E-state index contributed by atoms with van der Waals surface area (Å²) < 4.78 is 17.1. The van der Waals surface area contributed by atoms with Crippen LogP contribution in [0.2, 0.25) is 0 Å². The maximum Gasteiger partial charge on any atom is 0.230 e. The van der Waals surface area contributed by atoms with Gasteiger partial charge in [-0.15, -0.1) is 0 Å². The third-order valence-corrected chi connectivity index (χ3v) is 6.51. The maximum absolute atomic E-state index is 6.06. The minimum atomic E-state index is 0.614. The molecule has 2 aromatic rings. The van der Waals surface area contributed by atoms with Crippen LogP contribution >= 0.6 is 0 Å². The van der Waals surface area contributed by atoms with Crippen molar-refractivity contribution in [2.45, 2.75) is 51.7 Å². The van der Waals surface area contributed by atoms with Crippen molar-refractivity contribution >= 4 is 0 Å². The number of aromatic nitrogens is 1. The van der Waals surface area contributed by atoms with Crippen LogP contribution < -0.4 is 9.47 Å². The van der Waals surface area contributed by atoms with Crippen LogP contribution in [0, 0.1) is 13.8 Å². The normalized spacial score (nSPS) is 23.0. The van der Waals surface area contributed by atoms with Crippen molar-refractivity contribution < 1.29 is 13.9 Å². The van der Waals surface area contributed by atoms with E-state index >= 15 is 0 Å². The molecule has 2 saturated heterocycles. The number of hydrogen-bond donors (Lipinski definition) is 0. The van der Waals surface area contributed by atoms with Gasteiger partial charge in [0.2, 0.25) is 5.89 Å². The summed E-state index contributed by atoms with van der Waals surface area (Å²) in [7, 11) is 5.62. The fraction of sp³-hybridized carbons (Fsp3) is 0.591. The van der Waals surface area contributed by atoms with E-state index in [4.69, 9.17) is 18.9 Å². The second-order valence-electron chi connectivity index (χ2n) is 8.07. The van der Waals surface area contributed by atoms with Crippen LogP contribution in [0.3, 0.4) is 0 Å². The highest BCUT2D eigenvalue weighted by Crippen LogP contribution is 2.38. The van der Waals surface area contributed by atoms with Crippen LogP contribution in [0.25, 0.3) is 11.5 Å². The highest BCUT2D eigenvalue weighted by molar-refractivity contribution is 5.68. The van der Waals surface area contributed by atoms with Gasteiger partial charge in [0, 0.05) is 37.3 Å². The molecule has 0 amide bonds. The van der Waals surface area contributed by atoms with Gasteiger partial charge >= 0.3 is 0 Å². The lowest BCUT2D eigenvalue weighted by atomic mass is 10.1. The zero-order chi connectivity index (χ0) is 19.8. The highest BCUT2D eigenvalue weighted by Gasteiger charge is 2.35. The van der Waals surface area contributed by atoms with E-state index in [1.54, 1.807) is 14.2 Å². The molecule has 0 saturated carbocycles. The van der Waals surface area contributed by atoms with E-state index in [1.165, 1.54) is 19.3 Å². The average Bonchev–Trinajstić information content (AvgIpc) is 3.16. The standard InChI is InChI=1S/C22H31N3O3/c1-14-20(26-4)9-8-18(21(14)27-5)22-23-19(15(2)28-22)13-25-11-10-16-6-7-17(12-25)24(16)3/h8-9,16-17H,6-7,10-13H2,1-5H3. The molecule has 2 atom stereocenters. The first-order chi connectivity index (χ1) is 13.5. The minimum absolute atomic E-state index is 0.614. The third kappa shape index (κ3) is 3.40. The molecule has 2 aliphatic heterocycles. The zero-order valence-corrected chi connectivity index (χ0v) is 17.6. The molecule has 2 bridgehead atoms. The van der Waals surface area contributed by atoms with Crippen LogP contribution in [-0.2, 0) is 6.54 Å². The predicted molar refractivity (Wildman–Crippen MR) is 109 cm³/mol. The second-order valence-corrected chi connectivity index (χ2v) is 8.07. The van der Waals surface area contributed by atoms with Gasteiger partial charge in [-0.05, 0) is 52.3 Å². The molecule has 28 heavy (non-hydrogen) atoms. The third-order valence-electron chi connectivity index (χ3n) is 6.51. The van der Waals surface area contributed by atoms with Gasteiger partial charge in [0.05, 0.1) is 25.5 Å². The monoisotopic (exact) mass is 385 g/mol. The number of likely N-dealkylation sites (tertiary alicyclic amines) is 1. The fourth-order valence-electron chi connectivity index (χ4n) is 4.75. The quantitative estimate of drug-likeness (QED) is 0.783. The number of ether oxygens (including phenoxy) is 2. The lowest BCUT2D eigenvalue weighted by Crippen LogP contribution is -2.36. The summed E-state index contributed by atoms with van der Waals surface area (Å²) in [4.78, 5) is 9.96. The van der Waals surface area contributed by atoms with E-state index in [2.05, 4.69) is 16.8 Å². The van der Waals surface area contributed by atoms with Gasteiger partial charge in [-0.1, -0.05) is 0 Å². The summed E-state index contributed by atoms with van der Waals surface area (Å²) in [6.45, 7) is 7.06. The Morgan fingerprint density at radius 1 is 1.11 bits per heavy atom. The number of rotatable bonds is 5. The molecule has 0 N–H and O–H groups in total. The van der Waals surface area contributed by atoms with Crippen molar-refractivity contribution in [2.75, 3.05) is 34.4 Å². The molecule has 2 unspecified atom stereocenters. The van der Waals surface area contributed by atoms with Gasteiger partial charge < -0.3 is 13.9 Å². The largest absolute Gasteiger partial charge is 0.496 e. The average molecular weight is 386 g/mol. The number of nitrogens with zero attached hydrogens (tertiary/aromatic N) is 3. The zero-order valence-electron chi connectivity index (χ0n) is 17.6. The Balaban J connectivity index is 1.57. The Morgan fingerprint density at radius 3 is 2.64 bits per heavy atom. The summed E-state index contributed by atoms with van der Waals surface area (Å²) in [5.74, 6) is 3.05. The lowest BCUT2D eigenvalue weighted by Gasteiger charge is -2.25. The van der Waals surface area contributed by atoms with Crippen molar-refractivity contribution in [1.29, 1.82) is 0 Å². The first-order valence-electron chi connectivity index (χ1n) is 10.1. The molecule has 0 spiro atoms. The Morgan fingerprint density at radius 2 is 1.89 bits per heavy atom. The molecule has 0 aliphatic carbocycles. The fourth-order valence-corrected chi connectivity index (χ4v) is 4.75. The van der Waals surface area contributed by atoms with Crippen LogP contribution in [0.1, 0.15) is 36.3 Å². The number of oxazole rings is 1. The SMILES string of the molecule is COc1ccc(-c2nc(CN3CCC4CCC(C3)N4C)c(C)o2)c(OC)c1C. The Labute approximate surface area is 167 Å². The summed E-state index contributed by atoms with van der Waals surface area (Å²) >= 11 is 0. The van der Waals surface area contributed by atoms with Crippen LogP contribution in [0.15, 0.2) is 16.5 Å². The molecule has 1 aromatic carbocycles. The molecule has 2 fully saturated rings. The molecule has 152 valence electrons. The number of likely N-dealkylation sites (N-methyl/N-ethyl adjacent to an activating group) is 1. The van der Waals surface area contributed by atoms with Gasteiger partial charge in [0.15, 0.2) is 0 Å². The van der Waals surface area contributed by atoms with E-state index in [0.29, 0.717) is 11.9 Å². The summed E-state index contributed by atoms with van der Waals surface area (Å²) in [6.07, 6.45) is 3.89. The Kier molecular flexibility index (Phi) is 5.34. The molecule has 1 aromatic heterocycles. The smallest absolute Gasteiger partial charge is 0.230 e. The van der Waals surface area contributed by atoms with Gasteiger partial charge in [-0.2, -0.15) is 0 Å². The molecular weight excluding hydrogens is 354 g/mol. The summed E-state index contributed by atoms with van der Waals surface area (Å²) in [5, 5.41) is 0. The molecular formula is C22H31N3O3. The van der Waals surface area contributed by atoms with Crippen molar-refractivity contribution in [2.24, 2.45) is 0 Å². The lowest BCUT2D eigenvalue weighted by molar-refractivity contribution is 0.213. The molecule has 4 rings (SSSR count). The number of aryl methyl sites for hydroxylation is 1. The van der Waals surface area contributed by atoms with Gasteiger partial charge in [-0.3, -0.25) is 9.80 Å². The second kappa shape index (κ2) is 7.76. The van der Waals surface area contributed by atoms with Gasteiger partial charge in [-0.25, -0.2) is 4.98 Å². The first-order valence-corrected chi connectivity index (χ1v) is 10.1. The first kappa shape index (κ1) is 19.3. The maximum atomic E-state index is 6.06. The van der Waals surface area contributed by atoms with Crippen LogP contribution in [-0.4, -0.2) is 61.2 Å². The number of methoxy groups -OCH3 is 2. The van der Waals surface area contributed by atoms with Crippen molar-refractivity contribution in [1.82, 2.24) is 14.8 Å². The van der Waals surface area contributed by atoms with E-state index in [-0.39, 0.29) is 0 Å². The molecule has 2 aliphatic rings. The number of hydrogen-bond acceptors (Lipinski definition) is 6. The van der Waals surface area contributed by atoms with Crippen LogP contribution in [0.4, 0.5) is 0 Å². The Bertz CT molecular complexity index is 848. The van der Waals surface area contributed by atoms with Crippen molar-refractivity contribution in [3.05, 3.63) is 29.2 Å². The van der Waals surface area contributed by atoms with Crippen LogP contribution in [0.5, 0.6) is 11.5 Å². The highest BCUT2D eigenvalue weighted by atomic mass is 16.5. The van der Waals surface area contributed by atoms with Gasteiger partial charge in [0.25, 0.3) is 0 Å². The predicted octanol–water partition coefficient (Wildman–Crippen LogP) is 3.64. The topological polar surface area (TPSA) is 51.0 Å². The van der Waals surface area contributed by atoms with E-state index in [0.717, 1.165) is 59.8 Å². The number of benzene rings is 1. The van der Waals surface area contributed by atoms with E-state index in [1.807, 2.05) is 26.0 Å². The van der Waals surface area contributed by atoms with E-state index < -0.39 is 0 Å². The van der Waals surface area contributed by atoms with Crippen molar-refractivity contribution in [3.8, 4) is 23.0 Å².